The quantitative estimate of drug-likeness (QED) is 0.112. The Kier molecular flexibility index (Phi) is 8.07. The van der Waals surface area contributed by atoms with Crippen molar-refractivity contribution in [2.24, 2.45) is 5.10 Å². The standard InChI is InChI=1S/C23H15N5O9/c29-22(11-4-15-2-1-3-19(12-15)27(33)34)37-21-10-9-20(28(35)36)13-17(21)14-24-25-23(30)16-5-7-18(8-6-16)26(31)32/h1-14H,(H,25,30)/b11-4+,24-14+. The summed E-state index contributed by atoms with van der Waals surface area (Å²) in [5.41, 5.74) is 1.87. The maximum atomic E-state index is 12.3. The first-order valence-corrected chi connectivity index (χ1v) is 10.1. The van der Waals surface area contributed by atoms with Crippen LogP contribution in [0.1, 0.15) is 21.5 Å². The van der Waals surface area contributed by atoms with E-state index in [4.69, 9.17) is 4.74 Å². The number of carbonyl (C=O) groups is 2. The van der Waals surface area contributed by atoms with Gasteiger partial charge in [-0.2, -0.15) is 5.10 Å². The number of hydrogen-bond acceptors (Lipinski definition) is 10. The Morgan fingerprint density at radius 1 is 0.811 bits per heavy atom. The molecule has 0 aliphatic heterocycles. The van der Waals surface area contributed by atoms with E-state index in [1.54, 1.807) is 0 Å². The number of nitrogens with one attached hydrogen (secondary N) is 1. The molecule has 0 saturated carbocycles. The molecule has 0 fully saturated rings. The highest BCUT2D eigenvalue weighted by molar-refractivity contribution is 5.96. The van der Waals surface area contributed by atoms with Gasteiger partial charge in [0.1, 0.15) is 5.75 Å². The fourth-order valence-corrected chi connectivity index (χ4v) is 2.85. The van der Waals surface area contributed by atoms with Crippen LogP contribution in [0, 0.1) is 30.3 Å². The first-order chi connectivity index (χ1) is 17.6. The van der Waals surface area contributed by atoms with Gasteiger partial charge in [-0.1, -0.05) is 12.1 Å². The molecule has 0 bridgehead atoms. The molecule has 0 aliphatic carbocycles. The molecule has 0 atom stereocenters. The van der Waals surface area contributed by atoms with Crippen molar-refractivity contribution in [1.29, 1.82) is 0 Å². The van der Waals surface area contributed by atoms with Crippen LogP contribution in [-0.2, 0) is 4.79 Å². The molecule has 3 aromatic rings. The van der Waals surface area contributed by atoms with Gasteiger partial charge in [0.2, 0.25) is 0 Å². The molecular formula is C23H15N5O9. The number of nitro benzene ring substituents is 3. The Balaban J connectivity index is 1.75. The number of rotatable bonds is 9. The molecule has 14 nitrogen and oxygen atoms in total. The van der Waals surface area contributed by atoms with Crippen LogP contribution < -0.4 is 10.2 Å². The van der Waals surface area contributed by atoms with E-state index in [1.807, 2.05) is 0 Å². The van der Waals surface area contributed by atoms with Crippen LogP contribution in [0.2, 0.25) is 0 Å². The Morgan fingerprint density at radius 3 is 2.08 bits per heavy atom. The summed E-state index contributed by atoms with van der Waals surface area (Å²) in [5.74, 6) is -1.72. The second-order valence-corrected chi connectivity index (χ2v) is 7.09. The predicted octanol–water partition coefficient (Wildman–Crippen LogP) is 3.79. The SMILES string of the molecule is O=C(/C=C/c1cccc([N+](=O)[O-])c1)Oc1ccc([N+](=O)[O-])cc1/C=N/NC(=O)c1ccc([N+](=O)[O-])cc1. The van der Waals surface area contributed by atoms with Gasteiger partial charge in [0, 0.05) is 53.6 Å². The molecule has 0 heterocycles. The fourth-order valence-electron chi connectivity index (χ4n) is 2.85. The average Bonchev–Trinajstić information content (AvgIpc) is 2.88. The third kappa shape index (κ3) is 7.10. The number of nitro groups is 3. The lowest BCUT2D eigenvalue weighted by molar-refractivity contribution is -0.385. The molecule has 14 heteroatoms. The van der Waals surface area contributed by atoms with Gasteiger partial charge in [0.05, 0.1) is 21.0 Å². The highest BCUT2D eigenvalue weighted by Gasteiger charge is 2.14. The van der Waals surface area contributed by atoms with E-state index < -0.39 is 26.6 Å². The van der Waals surface area contributed by atoms with Crippen LogP contribution in [0.15, 0.2) is 77.9 Å². The summed E-state index contributed by atoms with van der Waals surface area (Å²) >= 11 is 0. The zero-order valence-corrected chi connectivity index (χ0v) is 18.5. The summed E-state index contributed by atoms with van der Waals surface area (Å²) in [7, 11) is 0. The Bertz CT molecular complexity index is 1450. The van der Waals surface area contributed by atoms with Crippen LogP contribution >= 0.6 is 0 Å². The molecule has 186 valence electrons. The number of nitrogens with zero attached hydrogens (tertiary/aromatic N) is 4. The van der Waals surface area contributed by atoms with E-state index in [1.165, 1.54) is 42.5 Å². The topological polar surface area (TPSA) is 197 Å². The second-order valence-electron chi connectivity index (χ2n) is 7.09. The van der Waals surface area contributed by atoms with Crippen LogP contribution in [0.5, 0.6) is 5.75 Å². The molecule has 0 aliphatic rings. The van der Waals surface area contributed by atoms with E-state index in [-0.39, 0.29) is 33.9 Å². The summed E-state index contributed by atoms with van der Waals surface area (Å²) in [6, 6.07) is 13.6. The number of hydrogen-bond donors (Lipinski definition) is 1. The molecule has 3 aromatic carbocycles. The third-order valence-corrected chi connectivity index (χ3v) is 4.62. The first kappa shape index (κ1) is 25.8. The molecule has 0 aromatic heterocycles. The minimum absolute atomic E-state index is 0.0182. The van der Waals surface area contributed by atoms with Crippen molar-refractivity contribution in [2.75, 3.05) is 0 Å². The van der Waals surface area contributed by atoms with Gasteiger partial charge in [-0.25, -0.2) is 10.2 Å². The minimum atomic E-state index is -0.884. The monoisotopic (exact) mass is 505 g/mol. The summed E-state index contributed by atoms with van der Waals surface area (Å²) in [6.07, 6.45) is 3.32. The van der Waals surface area contributed by atoms with Crippen molar-refractivity contribution >= 4 is 41.2 Å². The lowest BCUT2D eigenvalue weighted by Gasteiger charge is -2.06. The lowest BCUT2D eigenvalue weighted by atomic mass is 10.2. The van der Waals surface area contributed by atoms with Crippen molar-refractivity contribution in [2.45, 2.75) is 0 Å². The van der Waals surface area contributed by atoms with Crippen LogP contribution in [0.25, 0.3) is 6.08 Å². The maximum absolute atomic E-state index is 12.3. The smallest absolute Gasteiger partial charge is 0.336 e. The predicted molar refractivity (Wildman–Crippen MR) is 129 cm³/mol. The van der Waals surface area contributed by atoms with Gasteiger partial charge in [-0.3, -0.25) is 35.1 Å². The largest absolute Gasteiger partial charge is 0.423 e. The molecule has 0 spiro atoms. The molecule has 1 amide bonds. The Hall–Kier alpha value is -5.79. The van der Waals surface area contributed by atoms with Crippen LogP contribution in [0.3, 0.4) is 0 Å². The van der Waals surface area contributed by atoms with Gasteiger partial charge in [-0.05, 0) is 29.8 Å². The molecular weight excluding hydrogens is 490 g/mol. The Morgan fingerprint density at radius 2 is 1.43 bits per heavy atom. The molecule has 0 saturated heterocycles. The van der Waals surface area contributed by atoms with Crippen molar-refractivity contribution in [3.63, 3.8) is 0 Å². The molecule has 0 unspecified atom stereocenters. The highest BCUT2D eigenvalue weighted by Crippen LogP contribution is 2.23. The third-order valence-electron chi connectivity index (χ3n) is 4.62. The Labute approximate surface area is 206 Å². The highest BCUT2D eigenvalue weighted by atomic mass is 16.6. The summed E-state index contributed by atoms with van der Waals surface area (Å²) in [5, 5.41) is 36.4. The number of esters is 1. The molecule has 37 heavy (non-hydrogen) atoms. The lowest BCUT2D eigenvalue weighted by Crippen LogP contribution is -2.17. The number of hydrazone groups is 1. The van der Waals surface area contributed by atoms with Gasteiger partial charge < -0.3 is 4.74 Å². The van der Waals surface area contributed by atoms with Crippen molar-refractivity contribution < 1.29 is 29.1 Å². The minimum Gasteiger partial charge on any atom is -0.423 e. The van der Waals surface area contributed by atoms with Gasteiger partial charge >= 0.3 is 5.97 Å². The van der Waals surface area contributed by atoms with E-state index >= 15 is 0 Å². The average molecular weight is 505 g/mol. The van der Waals surface area contributed by atoms with Crippen molar-refractivity contribution in [3.05, 3.63) is 120 Å². The molecule has 3 rings (SSSR count). The van der Waals surface area contributed by atoms with Gasteiger partial charge in [0.25, 0.3) is 23.0 Å². The first-order valence-electron chi connectivity index (χ1n) is 10.1. The number of benzene rings is 3. The van der Waals surface area contributed by atoms with Gasteiger partial charge in [0.15, 0.2) is 0 Å². The van der Waals surface area contributed by atoms with E-state index in [0.29, 0.717) is 5.56 Å². The number of ether oxygens (including phenoxy) is 1. The van der Waals surface area contributed by atoms with E-state index in [9.17, 15) is 39.9 Å². The molecule has 1 N–H and O–H groups in total. The van der Waals surface area contributed by atoms with Crippen molar-refractivity contribution in [1.82, 2.24) is 5.43 Å². The molecule has 0 radical (unpaired) electrons. The zero-order chi connectivity index (χ0) is 26.9. The normalized spacial score (nSPS) is 10.8. The van der Waals surface area contributed by atoms with Gasteiger partial charge in [-0.15, -0.1) is 0 Å². The number of amides is 1. The second kappa shape index (κ2) is 11.6. The van der Waals surface area contributed by atoms with Crippen molar-refractivity contribution in [3.8, 4) is 5.75 Å². The zero-order valence-electron chi connectivity index (χ0n) is 18.5. The summed E-state index contributed by atoms with van der Waals surface area (Å²) < 4.78 is 5.21. The summed E-state index contributed by atoms with van der Waals surface area (Å²) in [4.78, 5) is 55.3. The van der Waals surface area contributed by atoms with E-state index in [0.717, 1.165) is 42.6 Å². The maximum Gasteiger partial charge on any atom is 0.336 e. The number of non-ortho nitro benzene ring substituents is 3. The van der Waals surface area contributed by atoms with E-state index in [2.05, 4.69) is 10.5 Å². The number of carbonyl (C=O) groups excluding carboxylic acids is 2. The fraction of sp³-hybridized carbons (Fsp3) is 0. The van der Waals surface area contributed by atoms with Crippen LogP contribution in [0.4, 0.5) is 17.1 Å². The summed E-state index contributed by atoms with van der Waals surface area (Å²) in [6.45, 7) is 0. The van der Waals surface area contributed by atoms with Crippen LogP contribution in [-0.4, -0.2) is 32.9 Å².